The van der Waals surface area contributed by atoms with Gasteiger partial charge in [-0.2, -0.15) is 9.57 Å². The third kappa shape index (κ3) is 2.42. The second kappa shape index (κ2) is 5.36. The van der Waals surface area contributed by atoms with Gasteiger partial charge in [-0.25, -0.2) is 8.42 Å². The molecule has 0 spiro atoms. The lowest BCUT2D eigenvalue weighted by Crippen LogP contribution is -2.47. The molecule has 0 N–H and O–H groups in total. The minimum absolute atomic E-state index is 0.141. The average molecular weight is 286 g/mol. The summed E-state index contributed by atoms with van der Waals surface area (Å²) in [6.07, 6.45) is 0.810. The summed E-state index contributed by atoms with van der Waals surface area (Å²) in [5, 5.41) is 8.99. The standard InChI is InChI=1S/C11H14N2O3S2/c1-2-10-3-4-11(17-10)18(14,15)13-5-6-16-8-9(13)7-12/h3-4,9H,2,5-6,8H2,1H3/t9-/m0/s1. The van der Waals surface area contributed by atoms with Crippen LogP contribution in [-0.4, -0.2) is 38.5 Å². The molecule has 1 aromatic rings. The zero-order valence-corrected chi connectivity index (χ0v) is 11.6. The minimum atomic E-state index is -3.56. The first-order valence-electron chi connectivity index (χ1n) is 5.67. The summed E-state index contributed by atoms with van der Waals surface area (Å²) in [5.74, 6) is 0. The molecule has 1 aliphatic rings. The number of sulfonamides is 1. The van der Waals surface area contributed by atoms with Crippen molar-refractivity contribution in [3.8, 4) is 6.07 Å². The highest BCUT2D eigenvalue weighted by Crippen LogP contribution is 2.27. The van der Waals surface area contributed by atoms with E-state index >= 15 is 0 Å². The van der Waals surface area contributed by atoms with Crippen LogP contribution in [0.2, 0.25) is 0 Å². The van der Waals surface area contributed by atoms with Crippen molar-refractivity contribution in [2.24, 2.45) is 0 Å². The summed E-state index contributed by atoms with van der Waals surface area (Å²) in [7, 11) is -3.56. The molecule has 1 saturated heterocycles. The quantitative estimate of drug-likeness (QED) is 0.837. The van der Waals surface area contributed by atoms with E-state index in [0.29, 0.717) is 10.8 Å². The highest BCUT2D eigenvalue weighted by atomic mass is 32.2. The molecule has 0 bridgehead atoms. The third-order valence-corrected chi connectivity index (χ3v) is 6.38. The van der Waals surface area contributed by atoms with E-state index in [4.69, 9.17) is 10.00 Å². The van der Waals surface area contributed by atoms with E-state index in [9.17, 15) is 8.42 Å². The van der Waals surface area contributed by atoms with Gasteiger partial charge in [0.05, 0.1) is 19.3 Å². The Morgan fingerprint density at radius 2 is 2.39 bits per heavy atom. The van der Waals surface area contributed by atoms with Gasteiger partial charge in [0, 0.05) is 11.4 Å². The monoisotopic (exact) mass is 286 g/mol. The Kier molecular flexibility index (Phi) is 4.02. The SMILES string of the molecule is CCc1ccc(S(=O)(=O)N2CCOC[C@@H]2C#N)s1. The van der Waals surface area contributed by atoms with E-state index in [0.717, 1.165) is 11.3 Å². The molecule has 1 fully saturated rings. The van der Waals surface area contributed by atoms with E-state index in [-0.39, 0.29) is 13.2 Å². The Hall–Kier alpha value is -0.940. The van der Waals surface area contributed by atoms with Crippen molar-refractivity contribution >= 4 is 21.4 Å². The van der Waals surface area contributed by atoms with E-state index in [1.807, 2.05) is 19.1 Å². The van der Waals surface area contributed by atoms with Gasteiger partial charge in [0.1, 0.15) is 10.3 Å². The number of nitrogens with zero attached hydrogens (tertiary/aromatic N) is 2. The second-order valence-corrected chi connectivity index (χ2v) is 7.20. The molecule has 1 aromatic heterocycles. The van der Waals surface area contributed by atoms with Crippen LogP contribution >= 0.6 is 11.3 Å². The highest BCUT2D eigenvalue weighted by molar-refractivity contribution is 7.91. The topological polar surface area (TPSA) is 70.4 Å². The molecular weight excluding hydrogens is 272 g/mol. The summed E-state index contributed by atoms with van der Waals surface area (Å²) in [5.41, 5.74) is 0. The van der Waals surface area contributed by atoms with Crippen molar-refractivity contribution in [2.75, 3.05) is 19.8 Å². The molecule has 2 rings (SSSR count). The third-order valence-electron chi connectivity index (χ3n) is 2.78. The first-order valence-corrected chi connectivity index (χ1v) is 7.93. The van der Waals surface area contributed by atoms with Gasteiger partial charge in [-0.1, -0.05) is 6.92 Å². The summed E-state index contributed by atoms with van der Waals surface area (Å²) in [6, 6.07) is 4.68. The van der Waals surface area contributed by atoms with Crippen molar-refractivity contribution < 1.29 is 13.2 Å². The fraction of sp³-hybridized carbons (Fsp3) is 0.545. The lowest BCUT2D eigenvalue weighted by Gasteiger charge is -2.29. The minimum Gasteiger partial charge on any atom is -0.377 e. The lowest BCUT2D eigenvalue weighted by atomic mass is 10.3. The first kappa shape index (κ1) is 13.5. The van der Waals surface area contributed by atoms with Gasteiger partial charge < -0.3 is 4.74 Å². The molecule has 0 radical (unpaired) electrons. The number of aryl methyl sites for hydroxylation is 1. The van der Waals surface area contributed by atoms with Crippen molar-refractivity contribution in [3.63, 3.8) is 0 Å². The second-order valence-electron chi connectivity index (χ2n) is 3.91. The summed E-state index contributed by atoms with van der Waals surface area (Å²) in [6.45, 7) is 2.69. The van der Waals surface area contributed by atoms with Crippen LogP contribution < -0.4 is 0 Å². The van der Waals surface area contributed by atoms with Crippen molar-refractivity contribution in [3.05, 3.63) is 17.0 Å². The molecule has 0 unspecified atom stereocenters. The van der Waals surface area contributed by atoms with Gasteiger partial charge in [-0.15, -0.1) is 11.3 Å². The van der Waals surface area contributed by atoms with Crippen LogP contribution in [-0.2, 0) is 21.2 Å². The molecule has 0 aromatic carbocycles. The van der Waals surface area contributed by atoms with Crippen molar-refractivity contribution in [1.82, 2.24) is 4.31 Å². The van der Waals surface area contributed by atoms with Crippen LogP contribution in [0, 0.1) is 11.3 Å². The van der Waals surface area contributed by atoms with E-state index in [1.54, 1.807) is 6.07 Å². The normalized spacial score (nSPS) is 21.7. The number of hydrogen-bond donors (Lipinski definition) is 0. The van der Waals surface area contributed by atoms with Gasteiger partial charge in [-0.05, 0) is 18.6 Å². The number of thiophene rings is 1. The molecule has 0 aliphatic carbocycles. The predicted molar refractivity (Wildman–Crippen MR) is 67.8 cm³/mol. The summed E-state index contributed by atoms with van der Waals surface area (Å²) >= 11 is 1.27. The van der Waals surface area contributed by atoms with Crippen LogP contribution in [0.25, 0.3) is 0 Å². The number of nitriles is 1. The molecule has 0 amide bonds. The molecule has 18 heavy (non-hydrogen) atoms. The van der Waals surface area contributed by atoms with Gasteiger partial charge >= 0.3 is 0 Å². The highest BCUT2D eigenvalue weighted by Gasteiger charge is 2.34. The maximum atomic E-state index is 12.4. The Labute approximate surface area is 111 Å². The van der Waals surface area contributed by atoms with Gasteiger partial charge in [-0.3, -0.25) is 0 Å². The Morgan fingerprint density at radius 1 is 1.61 bits per heavy atom. The first-order chi connectivity index (χ1) is 8.59. The van der Waals surface area contributed by atoms with Crippen LogP contribution in [0.4, 0.5) is 0 Å². The number of rotatable bonds is 3. The maximum Gasteiger partial charge on any atom is 0.253 e. The molecule has 1 aliphatic heterocycles. The van der Waals surface area contributed by atoms with Crippen LogP contribution in [0.5, 0.6) is 0 Å². The van der Waals surface area contributed by atoms with Crippen LogP contribution in [0.1, 0.15) is 11.8 Å². The molecule has 7 heteroatoms. The smallest absolute Gasteiger partial charge is 0.253 e. The van der Waals surface area contributed by atoms with Gasteiger partial charge in [0.2, 0.25) is 0 Å². The predicted octanol–water partition coefficient (Wildman–Crippen LogP) is 1.22. The largest absolute Gasteiger partial charge is 0.377 e. The zero-order valence-electron chi connectivity index (χ0n) is 10.00. The van der Waals surface area contributed by atoms with Crippen molar-refractivity contribution in [2.45, 2.75) is 23.6 Å². The fourth-order valence-corrected chi connectivity index (χ4v) is 4.71. The van der Waals surface area contributed by atoms with Crippen LogP contribution in [0.3, 0.4) is 0 Å². The number of ether oxygens (including phenoxy) is 1. The maximum absolute atomic E-state index is 12.4. The van der Waals surface area contributed by atoms with Crippen LogP contribution in [0.15, 0.2) is 16.3 Å². The lowest BCUT2D eigenvalue weighted by molar-refractivity contribution is 0.0512. The summed E-state index contributed by atoms with van der Waals surface area (Å²) < 4.78 is 31.5. The molecule has 1 atom stereocenters. The molecule has 5 nitrogen and oxygen atoms in total. The average Bonchev–Trinajstić information content (AvgIpc) is 2.88. The number of hydrogen-bond acceptors (Lipinski definition) is 5. The van der Waals surface area contributed by atoms with E-state index in [1.165, 1.54) is 15.6 Å². The van der Waals surface area contributed by atoms with E-state index in [2.05, 4.69) is 0 Å². The molecule has 98 valence electrons. The zero-order chi connectivity index (χ0) is 13.2. The number of morpholine rings is 1. The Balaban J connectivity index is 2.32. The fourth-order valence-electron chi connectivity index (χ4n) is 1.78. The Bertz CT molecular complexity index is 559. The van der Waals surface area contributed by atoms with Crippen molar-refractivity contribution in [1.29, 1.82) is 5.26 Å². The van der Waals surface area contributed by atoms with Gasteiger partial charge in [0.25, 0.3) is 10.0 Å². The summed E-state index contributed by atoms with van der Waals surface area (Å²) in [4.78, 5) is 1.02. The van der Waals surface area contributed by atoms with Gasteiger partial charge in [0.15, 0.2) is 0 Å². The molecular formula is C11H14N2O3S2. The van der Waals surface area contributed by atoms with E-state index < -0.39 is 16.1 Å². The molecule has 0 saturated carbocycles. The molecule has 2 heterocycles. The Morgan fingerprint density at radius 3 is 3.00 bits per heavy atom.